The number of amides is 2. The number of hydroxylamine groups is 3. The zero-order valence-electron chi connectivity index (χ0n) is 12.8. The molecule has 0 spiro atoms. The van der Waals surface area contributed by atoms with Crippen molar-refractivity contribution in [3.8, 4) is 0 Å². The first-order valence-corrected chi connectivity index (χ1v) is 8.04. The predicted molar refractivity (Wildman–Crippen MR) is 91.2 cm³/mol. The van der Waals surface area contributed by atoms with Crippen LogP contribution >= 0.6 is 15.9 Å². The summed E-state index contributed by atoms with van der Waals surface area (Å²) in [5.41, 5.74) is 1.39. The van der Waals surface area contributed by atoms with Crippen molar-refractivity contribution in [2.24, 2.45) is 0 Å². The number of nitrogens with one attached hydrogen (secondary N) is 2. The molecule has 0 saturated heterocycles. The van der Waals surface area contributed by atoms with Crippen LogP contribution in [-0.2, 0) is 11.5 Å². The molecule has 0 atom stereocenters. The van der Waals surface area contributed by atoms with Crippen molar-refractivity contribution in [2.45, 2.75) is 6.54 Å². The molecule has 25 heavy (non-hydrogen) atoms. The second-order valence-corrected chi connectivity index (χ2v) is 5.94. The SMILES string of the molecule is O=C(NCc1ccccc1)NC1=CN(c2ccc(F)c(Br)c2)ON1O. The Kier molecular flexibility index (Phi) is 5.17. The lowest BCUT2D eigenvalue weighted by Gasteiger charge is -2.16. The molecule has 9 heteroatoms. The highest BCUT2D eigenvalue weighted by Gasteiger charge is 2.24. The molecule has 3 rings (SSSR count). The van der Waals surface area contributed by atoms with Gasteiger partial charge in [0.15, 0.2) is 5.82 Å². The van der Waals surface area contributed by atoms with Gasteiger partial charge in [0, 0.05) is 6.54 Å². The van der Waals surface area contributed by atoms with Crippen molar-refractivity contribution in [3.05, 3.63) is 76.4 Å². The molecular weight excluding hydrogens is 395 g/mol. The molecular formula is C16H14BrFN4O3. The topological polar surface area (TPSA) is 77.1 Å². The monoisotopic (exact) mass is 408 g/mol. The number of carbonyl (C=O) groups excluding carboxylic acids is 1. The number of hydrogen-bond donors (Lipinski definition) is 3. The average molecular weight is 409 g/mol. The molecule has 3 N–H and O–H groups in total. The van der Waals surface area contributed by atoms with Gasteiger partial charge in [0.25, 0.3) is 0 Å². The van der Waals surface area contributed by atoms with Crippen LogP contribution < -0.4 is 15.7 Å². The summed E-state index contributed by atoms with van der Waals surface area (Å²) in [7, 11) is 0. The van der Waals surface area contributed by atoms with E-state index in [2.05, 4.69) is 26.6 Å². The molecule has 1 aliphatic heterocycles. The van der Waals surface area contributed by atoms with Gasteiger partial charge in [-0.3, -0.25) is 10.5 Å². The van der Waals surface area contributed by atoms with Crippen LogP contribution in [0.2, 0.25) is 0 Å². The lowest BCUT2D eigenvalue weighted by atomic mass is 10.2. The van der Waals surface area contributed by atoms with Gasteiger partial charge < -0.3 is 5.32 Å². The molecule has 1 heterocycles. The van der Waals surface area contributed by atoms with Crippen LogP contribution in [0.5, 0.6) is 0 Å². The van der Waals surface area contributed by atoms with Gasteiger partial charge in [-0.05, 0) is 39.7 Å². The highest BCUT2D eigenvalue weighted by Crippen LogP contribution is 2.27. The van der Waals surface area contributed by atoms with Crippen LogP contribution in [0.15, 0.2) is 65.0 Å². The fraction of sp³-hybridized carbons (Fsp3) is 0.0625. The number of hydrogen-bond acceptors (Lipinski definition) is 5. The van der Waals surface area contributed by atoms with E-state index < -0.39 is 11.8 Å². The second kappa shape index (κ2) is 7.51. The largest absolute Gasteiger partial charge is 0.334 e. The van der Waals surface area contributed by atoms with E-state index in [9.17, 15) is 14.4 Å². The van der Waals surface area contributed by atoms with Crippen molar-refractivity contribution in [1.29, 1.82) is 0 Å². The Balaban J connectivity index is 1.61. The summed E-state index contributed by atoms with van der Waals surface area (Å²) in [6.07, 6.45) is 1.35. The first-order valence-electron chi connectivity index (χ1n) is 7.25. The van der Waals surface area contributed by atoms with Gasteiger partial charge >= 0.3 is 6.03 Å². The second-order valence-electron chi connectivity index (χ2n) is 5.09. The summed E-state index contributed by atoms with van der Waals surface area (Å²) in [6.45, 7) is 0.334. The Morgan fingerprint density at radius 1 is 1.24 bits per heavy atom. The Bertz CT molecular complexity index is 803. The average Bonchev–Trinajstić information content (AvgIpc) is 2.97. The Morgan fingerprint density at radius 3 is 2.72 bits per heavy atom. The summed E-state index contributed by atoms with van der Waals surface area (Å²) >= 11 is 3.07. The van der Waals surface area contributed by atoms with E-state index in [1.807, 2.05) is 30.3 Å². The summed E-state index contributed by atoms with van der Waals surface area (Å²) in [5, 5.41) is 16.4. The van der Waals surface area contributed by atoms with Crippen LogP contribution in [0.25, 0.3) is 0 Å². The maximum atomic E-state index is 13.3. The Hall–Kier alpha value is -2.62. The van der Waals surface area contributed by atoms with Gasteiger partial charge in [-0.1, -0.05) is 35.6 Å². The van der Waals surface area contributed by atoms with E-state index in [1.54, 1.807) is 0 Å². The smallest absolute Gasteiger partial charge is 0.320 e. The number of urea groups is 1. The third kappa shape index (κ3) is 4.27. The normalized spacial score (nSPS) is 13.6. The zero-order chi connectivity index (χ0) is 17.8. The van der Waals surface area contributed by atoms with E-state index in [0.717, 1.165) is 5.56 Å². The summed E-state index contributed by atoms with van der Waals surface area (Å²) < 4.78 is 13.5. The third-order valence-electron chi connectivity index (χ3n) is 3.31. The molecule has 2 aromatic rings. The molecule has 0 bridgehead atoms. The highest BCUT2D eigenvalue weighted by atomic mass is 79.9. The van der Waals surface area contributed by atoms with Gasteiger partial charge in [0.05, 0.1) is 16.4 Å². The maximum absolute atomic E-state index is 13.3. The van der Waals surface area contributed by atoms with Gasteiger partial charge in [0.1, 0.15) is 5.82 Å². The minimum Gasteiger partial charge on any atom is -0.334 e. The molecule has 7 nitrogen and oxygen atoms in total. The molecule has 130 valence electrons. The summed E-state index contributed by atoms with van der Waals surface area (Å²) in [4.78, 5) is 17.0. The maximum Gasteiger partial charge on any atom is 0.320 e. The predicted octanol–water partition coefficient (Wildman–Crippen LogP) is 3.24. The van der Waals surface area contributed by atoms with Crippen molar-refractivity contribution in [3.63, 3.8) is 0 Å². The van der Waals surface area contributed by atoms with Gasteiger partial charge in [-0.2, -0.15) is 5.06 Å². The molecule has 0 unspecified atom stereocenters. The van der Waals surface area contributed by atoms with Crippen molar-refractivity contribution < 1.29 is 19.3 Å². The van der Waals surface area contributed by atoms with Crippen LogP contribution in [-0.4, -0.2) is 16.5 Å². The molecule has 2 aromatic carbocycles. The number of rotatable bonds is 4. The summed E-state index contributed by atoms with van der Waals surface area (Å²) in [6, 6.07) is 13.1. The molecule has 0 saturated carbocycles. The van der Waals surface area contributed by atoms with Crippen LogP contribution in [0.3, 0.4) is 0 Å². The number of carbonyl (C=O) groups is 1. The molecule has 0 aliphatic carbocycles. The first kappa shape index (κ1) is 17.2. The number of anilines is 1. The zero-order valence-corrected chi connectivity index (χ0v) is 14.4. The minimum absolute atomic E-state index is 0.00556. The van der Waals surface area contributed by atoms with E-state index in [-0.39, 0.29) is 10.3 Å². The molecule has 1 aliphatic rings. The van der Waals surface area contributed by atoms with Gasteiger partial charge in [0.2, 0.25) is 0 Å². The highest BCUT2D eigenvalue weighted by molar-refractivity contribution is 9.10. The van der Waals surface area contributed by atoms with Gasteiger partial charge in [-0.25, -0.2) is 9.18 Å². The fourth-order valence-electron chi connectivity index (χ4n) is 2.07. The number of halogens is 2. The number of benzene rings is 2. The van der Waals surface area contributed by atoms with Crippen molar-refractivity contribution in [1.82, 2.24) is 15.9 Å². The van der Waals surface area contributed by atoms with Crippen LogP contribution in [0.1, 0.15) is 5.56 Å². The summed E-state index contributed by atoms with van der Waals surface area (Å²) in [5.74, 6) is -0.419. The first-order chi connectivity index (χ1) is 12.0. The Morgan fingerprint density at radius 2 is 2.00 bits per heavy atom. The van der Waals surface area contributed by atoms with Crippen LogP contribution in [0, 0.1) is 5.82 Å². The van der Waals surface area contributed by atoms with Crippen molar-refractivity contribution >= 4 is 27.6 Å². The Labute approximate surface area is 151 Å². The quantitative estimate of drug-likeness (QED) is 0.723. The lowest BCUT2D eigenvalue weighted by molar-refractivity contribution is -0.305. The van der Waals surface area contributed by atoms with Crippen molar-refractivity contribution in [2.75, 3.05) is 5.06 Å². The van der Waals surface area contributed by atoms with Crippen LogP contribution in [0.4, 0.5) is 14.9 Å². The molecule has 0 radical (unpaired) electrons. The van der Waals surface area contributed by atoms with E-state index in [0.29, 0.717) is 17.5 Å². The van der Waals surface area contributed by atoms with Gasteiger partial charge in [-0.15, -0.1) is 4.94 Å². The molecule has 2 amide bonds. The molecule has 0 fully saturated rings. The third-order valence-corrected chi connectivity index (χ3v) is 3.91. The number of nitrogens with zero attached hydrogens (tertiary/aromatic N) is 2. The van der Waals surface area contributed by atoms with E-state index in [1.165, 1.54) is 29.5 Å². The van der Waals surface area contributed by atoms with E-state index in [4.69, 9.17) is 4.94 Å². The fourth-order valence-corrected chi connectivity index (χ4v) is 2.44. The minimum atomic E-state index is -0.514. The standard InChI is InChI=1S/C16H14BrFN4O3/c17-13-8-12(6-7-14(13)18)21-10-15(22(24)25-21)20-16(23)19-9-11-4-2-1-3-5-11/h1-8,10,24H,9H2,(H2,19,20,23). The lowest BCUT2D eigenvalue weighted by Crippen LogP contribution is -2.38. The molecule has 0 aromatic heterocycles. The van der Waals surface area contributed by atoms with E-state index >= 15 is 0 Å².